The Hall–Kier alpha value is -3.37. The molecule has 3 rings (SSSR count). The standard InChI is InChI=1S/C25H23ClF3N3O3S/c1-16-9-10-19(18(3)17(16)2)14-30-31-24(33)15-32(36(34,35)21-7-5-4-6-8-21)20-11-12-23(26)22(13-20)25(27,28)29/h4-14H,15H2,1-3H3,(H,31,33)/b30-14-. The summed E-state index contributed by atoms with van der Waals surface area (Å²) in [6.45, 7) is 5.00. The number of nitrogens with zero attached hydrogens (tertiary/aromatic N) is 2. The molecule has 0 fully saturated rings. The van der Waals surface area contributed by atoms with Crippen LogP contribution in [0.2, 0.25) is 5.02 Å². The highest BCUT2D eigenvalue weighted by atomic mass is 35.5. The molecule has 11 heteroatoms. The van der Waals surface area contributed by atoms with E-state index in [1.807, 2.05) is 32.9 Å². The van der Waals surface area contributed by atoms with E-state index in [1.54, 1.807) is 6.07 Å². The van der Waals surface area contributed by atoms with E-state index in [9.17, 15) is 26.4 Å². The SMILES string of the molecule is Cc1ccc(/C=N\NC(=O)CN(c2ccc(Cl)c(C(F)(F)F)c2)S(=O)(=O)c2ccccc2)c(C)c1C. The number of sulfonamides is 1. The smallest absolute Gasteiger partial charge is 0.271 e. The number of aryl methyl sites for hydroxylation is 1. The topological polar surface area (TPSA) is 78.8 Å². The van der Waals surface area contributed by atoms with Crippen molar-refractivity contribution in [3.05, 3.63) is 93.5 Å². The van der Waals surface area contributed by atoms with Crippen LogP contribution in [0.5, 0.6) is 0 Å². The molecule has 190 valence electrons. The third-order valence-corrected chi connectivity index (χ3v) is 7.77. The number of nitrogens with one attached hydrogen (secondary N) is 1. The van der Waals surface area contributed by atoms with Gasteiger partial charge in [-0.25, -0.2) is 13.8 Å². The molecule has 0 spiro atoms. The van der Waals surface area contributed by atoms with Gasteiger partial charge in [-0.2, -0.15) is 18.3 Å². The van der Waals surface area contributed by atoms with Gasteiger partial charge in [-0.3, -0.25) is 9.10 Å². The van der Waals surface area contributed by atoms with Gasteiger partial charge in [0, 0.05) is 0 Å². The molecule has 1 N–H and O–H groups in total. The Kier molecular flexibility index (Phi) is 8.10. The first-order chi connectivity index (χ1) is 16.8. The summed E-state index contributed by atoms with van der Waals surface area (Å²) >= 11 is 5.70. The van der Waals surface area contributed by atoms with Gasteiger partial charge in [0.25, 0.3) is 15.9 Å². The summed E-state index contributed by atoms with van der Waals surface area (Å²) < 4.78 is 67.5. The number of carbonyl (C=O) groups excluding carboxylic acids is 1. The minimum Gasteiger partial charge on any atom is -0.271 e. The largest absolute Gasteiger partial charge is 0.417 e. The normalized spacial score (nSPS) is 12.1. The van der Waals surface area contributed by atoms with Gasteiger partial charge < -0.3 is 0 Å². The summed E-state index contributed by atoms with van der Waals surface area (Å²) in [6, 6.07) is 13.4. The summed E-state index contributed by atoms with van der Waals surface area (Å²) in [5.41, 5.74) is 4.52. The maximum Gasteiger partial charge on any atom is 0.417 e. The molecule has 0 aromatic heterocycles. The number of anilines is 1. The number of hydrogen-bond acceptors (Lipinski definition) is 4. The Bertz CT molecular complexity index is 1410. The highest BCUT2D eigenvalue weighted by Crippen LogP contribution is 2.38. The zero-order valence-electron chi connectivity index (χ0n) is 19.6. The van der Waals surface area contributed by atoms with Crippen LogP contribution in [0.25, 0.3) is 0 Å². The lowest BCUT2D eigenvalue weighted by atomic mass is 10.00. The van der Waals surface area contributed by atoms with E-state index in [0.717, 1.165) is 34.4 Å². The van der Waals surface area contributed by atoms with E-state index in [1.165, 1.54) is 30.5 Å². The van der Waals surface area contributed by atoms with Crippen molar-refractivity contribution in [2.45, 2.75) is 31.8 Å². The van der Waals surface area contributed by atoms with Crippen molar-refractivity contribution in [1.29, 1.82) is 0 Å². The number of amides is 1. The molecule has 0 saturated carbocycles. The molecule has 0 aliphatic carbocycles. The van der Waals surface area contributed by atoms with Crippen LogP contribution in [0.15, 0.2) is 70.7 Å². The summed E-state index contributed by atoms with van der Waals surface area (Å²) in [7, 11) is -4.41. The first-order valence-corrected chi connectivity index (χ1v) is 12.5. The van der Waals surface area contributed by atoms with Crippen molar-refractivity contribution >= 4 is 39.4 Å². The zero-order valence-corrected chi connectivity index (χ0v) is 21.2. The van der Waals surface area contributed by atoms with Crippen molar-refractivity contribution in [3.8, 4) is 0 Å². The minimum atomic E-state index is -4.83. The van der Waals surface area contributed by atoms with E-state index in [-0.39, 0.29) is 10.6 Å². The predicted octanol–water partition coefficient (Wildman–Crippen LogP) is 5.63. The molecule has 0 aliphatic heterocycles. The molecule has 6 nitrogen and oxygen atoms in total. The van der Waals surface area contributed by atoms with Gasteiger partial charge in [0.05, 0.1) is 27.4 Å². The second-order valence-corrected chi connectivity index (χ2v) is 10.3. The van der Waals surface area contributed by atoms with Crippen LogP contribution in [0.3, 0.4) is 0 Å². The Morgan fingerprint density at radius 3 is 2.33 bits per heavy atom. The highest BCUT2D eigenvalue weighted by Gasteiger charge is 2.35. The number of rotatable bonds is 7. The van der Waals surface area contributed by atoms with Gasteiger partial charge in [-0.15, -0.1) is 0 Å². The molecule has 0 atom stereocenters. The Balaban J connectivity index is 1.94. The average molecular weight is 538 g/mol. The molecular weight excluding hydrogens is 515 g/mol. The molecule has 0 radical (unpaired) electrons. The van der Waals surface area contributed by atoms with E-state index in [0.29, 0.717) is 10.4 Å². The van der Waals surface area contributed by atoms with E-state index in [2.05, 4.69) is 10.5 Å². The van der Waals surface area contributed by atoms with Gasteiger partial charge in [-0.05, 0) is 73.4 Å². The lowest BCUT2D eigenvalue weighted by Crippen LogP contribution is -2.39. The molecule has 0 bridgehead atoms. The third kappa shape index (κ3) is 6.06. The Morgan fingerprint density at radius 2 is 1.69 bits per heavy atom. The maximum atomic E-state index is 13.4. The van der Waals surface area contributed by atoms with E-state index in [4.69, 9.17) is 11.6 Å². The number of hydrogen-bond donors (Lipinski definition) is 1. The fraction of sp³-hybridized carbons (Fsp3) is 0.200. The van der Waals surface area contributed by atoms with Crippen molar-refractivity contribution in [2.75, 3.05) is 10.8 Å². The van der Waals surface area contributed by atoms with Crippen LogP contribution < -0.4 is 9.73 Å². The lowest BCUT2D eigenvalue weighted by molar-refractivity contribution is -0.137. The first kappa shape index (κ1) is 27.2. The number of benzene rings is 3. The molecule has 3 aromatic rings. The second kappa shape index (κ2) is 10.7. The fourth-order valence-electron chi connectivity index (χ4n) is 3.38. The molecular formula is C25H23ClF3N3O3S. The molecule has 0 heterocycles. The van der Waals surface area contributed by atoms with E-state index < -0.39 is 39.2 Å². The zero-order chi connectivity index (χ0) is 26.7. The van der Waals surface area contributed by atoms with Crippen LogP contribution in [-0.2, 0) is 21.0 Å². The van der Waals surface area contributed by atoms with Gasteiger partial charge in [0.1, 0.15) is 6.54 Å². The van der Waals surface area contributed by atoms with Gasteiger partial charge in [0.15, 0.2) is 0 Å². The Labute approximate surface area is 212 Å². The monoisotopic (exact) mass is 537 g/mol. The number of alkyl halides is 3. The predicted molar refractivity (Wildman–Crippen MR) is 134 cm³/mol. The number of halogens is 4. The first-order valence-electron chi connectivity index (χ1n) is 10.7. The molecule has 0 aliphatic rings. The maximum absolute atomic E-state index is 13.4. The van der Waals surface area contributed by atoms with Crippen LogP contribution in [0, 0.1) is 20.8 Å². The van der Waals surface area contributed by atoms with Crippen molar-refractivity contribution < 1.29 is 26.4 Å². The summed E-state index contributed by atoms with van der Waals surface area (Å²) in [5, 5.41) is 3.30. The molecule has 36 heavy (non-hydrogen) atoms. The van der Waals surface area contributed by atoms with Crippen LogP contribution in [-0.4, -0.2) is 27.1 Å². The van der Waals surface area contributed by atoms with Crippen molar-refractivity contribution in [2.24, 2.45) is 5.10 Å². The molecule has 0 unspecified atom stereocenters. The summed E-state index contributed by atoms with van der Waals surface area (Å²) in [4.78, 5) is 12.5. The summed E-state index contributed by atoms with van der Waals surface area (Å²) in [5.74, 6) is -0.851. The summed E-state index contributed by atoms with van der Waals surface area (Å²) in [6.07, 6.45) is -3.41. The second-order valence-electron chi connectivity index (χ2n) is 8.00. The van der Waals surface area contributed by atoms with Gasteiger partial charge >= 0.3 is 6.18 Å². The minimum absolute atomic E-state index is 0.199. The number of carbonyl (C=O) groups is 1. The lowest BCUT2D eigenvalue weighted by Gasteiger charge is -2.24. The van der Waals surface area contributed by atoms with Crippen molar-refractivity contribution in [1.82, 2.24) is 5.43 Å². The van der Waals surface area contributed by atoms with E-state index >= 15 is 0 Å². The molecule has 0 saturated heterocycles. The average Bonchev–Trinajstić information content (AvgIpc) is 2.83. The van der Waals surface area contributed by atoms with Gasteiger partial charge in [-0.1, -0.05) is 41.9 Å². The molecule has 1 amide bonds. The quantitative estimate of drug-likeness (QED) is 0.313. The van der Waals surface area contributed by atoms with Crippen molar-refractivity contribution in [3.63, 3.8) is 0 Å². The van der Waals surface area contributed by atoms with Crippen LogP contribution >= 0.6 is 11.6 Å². The number of hydrazone groups is 1. The van der Waals surface area contributed by atoms with Crippen LogP contribution in [0.1, 0.15) is 27.8 Å². The fourth-order valence-corrected chi connectivity index (χ4v) is 5.04. The Morgan fingerprint density at radius 1 is 1.03 bits per heavy atom. The van der Waals surface area contributed by atoms with Gasteiger partial charge in [0.2, 0.25) is 0 Å². The van der Waals surface area contributed by atoms with Crippen LogP contribution in [0.4, 0.5) is 18.9 Å². The third-order valence-electron chi connectivity index (χ3n) is 5.65. The molecule has 3 aromatic carbocycles. The highest BCUT2D eigenvalue weighted by molar-refractivity contribution is 7.92.